The van der Waals surface area contributed by atoms with Crippen molar-refractivity contribution >= 4 is 0 Å². The van der Waals surface area contributed by atoms with Gasteiger partial charge in [0.25, 0.3) is 0 Å². The Hall–Kier alpha value is -2.54. The summed E-state index contributed by atoms with van der Waals surface area (Å²) in [6.45, 7) is 4.44. The first-order valence-corrected chi connectivity index (χ1v) is 12.0. The van der Waals surface area contributed by atoms with Crippen molar-refractivity contribution in [1.82, 2.24) is 0 Å². The summed E-state index contributed by atoms with van der Waals surface area (Å²) in [4.78, 5) is 0. The van der Waals surface area contributed by atoms with Gasteiger partial charge in [0.1, 0.15) is 12.2 Å². The molecule has 34 heavy (non-hydrogen) atoms. The highest BCUT2D eigenvalue weighted by Gasteiger charge is 2.41. The van der Waals surface area contributed by atoms with Gasteiger partial charge in [-0.25, -0.2) is 0 Å². The van der Waals surface area contributed by atoms with E-state index in [1.165, 1.54) is 0 Å². The second-order valence-electron chi connectivity index (χ2n) is 8.39. The lowest BCUT2D eigenvalue weighted by atomic mass is 10.0. The Morgan fingerprint density at radius 3 is 1.76 bits per heavy atom. The van der Waals surface area contributed by atoms with Crippen molar-refractivity contribution in [2.75, 3.05) is 13.2 Å². The highest BCUT2D eigenvalue weighted by atomic mass is 16.7. The number of ether oxygens (including phenoxy) is 5. The van der Waals surface area contributed by atoms with Crippen LogP contribution >= 0.6 is 0 Å². The molecule has 1 aliphatic heterocycles. The summed E-state index contributed by atoms with van der Waals surface area (Å²) in [5.41, 5.74) is 3.36. The molecule has 0 saturated carbocycles. The Bertz CT molecular complexity index is 935. The highest BCUT2D eigenvalue weighted by molar-refractivity contribution is 5.15. The van der Waals surface area contributed by atoms with Crippen LogP contribution in [-0.4, -0.2) is 37.8 Å². The van der Waals surface area contributed by atoms with Crippen LogP contribution < -0.4 is 0 Å². The van der Waals surface area contributed by atoms with Crippen LogP contribution in [0.2, 0.25) is 0 Å². The lowest BCUT2D eigenvalue weighted by Gasteiger charge is -2.41. The predicted molar refractivity (Wildman–Crippen MR) is 131 cm³/mol. The van der Waals surface area contributed by atoms with E-state index >= 15 is 0 Å². The van der Waals surface area contributed by atoms with Crippen LogP contribution in [0.5, 0.6) is 0 Å². The summed E-state index contributed by atoms with van der Waals surface area (Å²) in [7, 11) is 0. The van der Waals surface area contributed by atoms with Gasteiger partial charge in [-0.2, -0.15) is 0 Å². The Morgan fingerprint density at radius 1 is 0.676 bits per heavy atom. The summed E-state index contributed by atoms with van der Waals surface area (Å²) in [6, 6.07) is 30.5. The minimum Gasteiger partial charge on any atom is -0.374 e. The number of rotatable bonds is 12. The average molecular weight is 463 g/mol. The molecule has 0 bridgehead atoms. The number of hydrogen-bond donors (Lipinski definition) is 0. The molecule has 1 fully saturated rings. The van der Waals surface area contributed by atoms with E-state index in [0.29, 0.717) is 39.5 Å². The van der Waals surface area contributed by atoms with Gasteiger partial charge in [0.15, 0.2) is 6.29 Å². The topological polar surface area (TPSA) is 46.2 Å². The van der Waals surface area contributed by atoms with Crippen LogP contribution in [-0.2, 0) is 43.5 Å². The van der Waals surface area contributed by atoms with Gasteiger partial charge in [-0.3, -0.25) is 0 Å². The van der Waals surface area contributed by atoms with E-state index in [-0.39, 0.29) is 24.6 Å². The van der Waals surface area contributed by atoms with E-state index in [0.717, 1.165) is 16.7 Å². The zero-order valence-electron chi connectivity index (χ0n) is 19.8. The molecule has 3 aromatic rings. The van der Waals surface area contributed by atoms with Crippen molar-refractivity contribution in [2.24, 2.45) is 0 Å². The van der Waals surface area contributed by atoms with Crippen molar-refractivity contribution in [3.63, 3.8) is 0 Å². The molecule has 180 valence electrons. The van der Waals surface area contributed by atoms with Crippen LogP contribution in [0.3, 0.4) is 0 Å². The Kier molecular flexibility index (Phi) is 9.67. The average Bonchev–Trinajstić information content (AvgIpc) is 2.89. The molecule has 4 rings (SSSR count). The third-order valence-electron chi connectivity index (χ3n) is 5.82. The van der Waals surface area contributed by atoms with Gasteiger partial charge in [0.2, 0.25) is 0 Å². The third kappa shape index (κ3) is 7.49. The van der Waals surface area contributed by atoms with Gasteiger partial charge in [0, 0.05) is 13.0 Å². The molecule has 0 spiro atoms. The summed E-state index contributed by atoms with van der Waals surface area (Å²) in [5, 5.41) is 0. The monoisotopic (exact) mass is 462 g/mol. The largest absolute Gasteiger partial charge is 0.374 e. The Labute approximate surface area is 202 Å². The fourth-order valence-corrected chi connectivity index (χ4v) is 4.11. The quantitative estimate of drug-likeness (QED) is 0.354. The molecule has 0 N–H and O–H groups in total. The smallest absolute Gasteiger partial charge is 0.160 e. The van der Waals surface area contributed by atoms with Crippen LogP contribution in [0.25, 0.3) is 0 Å². The van der Waals surface area contributed by atoms with Gasteiger partial charge < -0.3 is 23.7 Å². The normalized spacial score (nSPS) is 22.5. The molecule has 1 saturated heterocycles. The molecular formula is C29H34O5. The Balaban J connectivity index is 1.46. The van der Waals surface area contributed by atoms with Crippen LogP contribution in [0.1, 0.15) is 30.0 Å². The molecule has 1 unspecified atom stereocenters. The van der Waals surface area contributed by atoms with Crippen LogP contribution in [0.15, 0.2) is 91.0 Å². The van der Waals surface area contributed by atoms with E-state index in [2.05, 4.69) is 36.4 Å². The number of benzene rings is 3. The summed E-state index contributed by atoms with van der Waals surface area (Å²) < 4.78 is 31.0. The molecular weight excluding hydrogens is 428 g/mol. The van der Waals surface area contributed by atoms with E-state index in [1.54, 1.807) is 0 Å². The molecule has 1 aliphatic rings. The van der Waals surface area contributed by atoms with Crippen molar-refractivity contribution in [3.8, 4) is 0 Å². The van der Waals surface area contributed by atoms with E-state index in [9.17, 15) is 0 Å². The zero-order chi connectivity index (χ0) is 23.4. The molecule has 0 radical (unpaired) electrons. The maximum absolute atomic E-state index is 6.43. The molecule has 5 heteroatoms. The van der Waals surface area contributed by atoms with E-state index in [1.807, 2.05) is 61.5 Å². The van der Waals surface area contributed by atoms with Crippen molar-refractivity contribution in [2.45, 2.75) is 57.8 Å². The number of hydrogen-bond acceptors (Lipinski definition) is 5. The molecule has 0 aromatic heterocycles. The van der Waals surface area contributed by atoms with Gasteiger partial charge >= 0.3 is 0 Å². The first kappa shape index (κ1) is 24.6. The molecule has 0 amide bonds. The fraction of sp³-hybridized carbons (Fsp3) is 0.379. The Morgan fingerprint density at radius 2 is 1.21 bits per heavy atom. The summed E-state index contributed by atoms with van der Waals surface area (Å²) in [6.07, 6.45) is -0.517. The third-order valence-corrected chi connectivity index (χ3v) is 5.82. The second kappa shape index (κ2) is 13.4. The van der Waals surface area contributed by atoms with E-state index in [4.69, 9.17) is 23.7 Å². The summed E-state index contributed by atoms with van der Waals surface area (Å²) in [5.74, 6) is 0. The fourth-order valence-electron chi connectivity index (χ4n) is 4.11. The van der Waals surface area contributed by atoms with Gasteiger partial charge in [-0.15, -0.1) is 0 Å². The first-order valence-electron chi connectivity index (χ1n) is 12.0. The lowest BCUT2D eigenvalue weighted by molar-refractivity contribution is -0.277. The second-order valence-corrected chi connectivity index (χ2v) is 8.39. The SMILES string of the molecule is CCO[C@@H]1C[C@@H](OCc2ccccc2)[C@@H](OCc2ccccc2)C(COCc2ccccc2)O1. The lowest BCUT2D eigenvalue weighted by Crippen LogP contribution is -2.53. The van der Waals surface area contributed by atoms with Crippen molar-refractivity contribution in [1.29, 1.82) is 0 Å². The van der Waals surface area contributed by atoms with Crippen molar-refractivity contribution < 1.29 is 23.7 Å². The first-order chi connectivity index (χ1) is 16.8. The van der Waals surface area contributed by atoms with E-state index < -0.39 is 0 Å². The zero-order valence-corrected chi connectivity index (χ0v) is 19.8. The molecule has 4 atom stereocenters. The molecule has 5 nitrogen and oxygen atoms in total. The maximum atomic E-state index is 6.43. The minimum absolute atomic E-state index is 0.181. The maximum Gasteiger partial charge on any atom is 0.160 e. The standard InChI is InChI=1S/C29H34O5/c1-2-31-28-18-26(32-20-24-14-8-4-9-15-24)29(33-21-25-16-10-5-11-17-25)27(34-28)22-30-19-23-12-6-3-7-13-23/h3-17,26-29H,2,18-22H2,1H3/t26-,27?,28+,29-/m1/s1. The molecule has 1 heterocycles. The van der Waals surface area contributed by atoms with Gasteiger partial charge in [-0.1, -0.05) is 91.0 Å². The van der Waals surface area contributed by atoms with Gasteiger partial charge in [0.05, 0.1) is 32.5 Å². The molecule has 0 aliphatic carbocycles. The van der Waals surface area contributed by atoms with Gasteiger partial charge in [-0.05, 0) is 23.6 Å². The molecule has 3 aromatic carbocycles. The minimum atomic E-state index is -0.354. The summed E-state index contributed by atoms with van der Waals surface area (Å²) >= 11 is 0. The van der Waals surface area contributed by atoms with Crippen molar-refractivity contribution in [3.05, 3.63) is 108 Å². The van der Waals surface area contributed by atoms with Crippen LogP contribution in [0.4, 0.5) is 0 Å². The van der Waals surface area contributed by atoms with Crippen LogP contribution in [0, 0.1) is 0 Å². The predicted octanol–water partition coefficient (Wildman–Crippen LogP) is 5.53. The highest BCUT2D eigenvalue weighted by Crippen LogP contribution is 2.28.